The molecule has 0 spiro atoms. The van der Waals surface area contributed by atoms with E-state index in [-0.39, 0.29) is 24.4 Å². The van der Waals surface area contributed by atoms with Crippen LogP contribution in [0.25, 0.3) is 0 Å². The van der Waals surface area contributed by atoms with Crippen LogP contribution < -0.4 is 0 Å². The van der Waals surface area contributed by atoms with Gasteiger partial charge in [-0.3, -0.25) is 9.59 Å². The quantitative estimate of drug-likeness (QED) is 0.796. The van der Waals surface area contributed by atoms with E-state index in [1.807, 2.05) is 27.7 Å². The summed E-state index contributed by atoms with van der Waals surface area (Å²) >= 11 is 0. The predicted molar refractivity (Wildman–Crippen MR) is 105 cm³/mol. The molecular weight excluding hydrogens is 369 g/mol. The highest BCUT2D eigenvalue weighted by Crippen LogP contribution is 2.38. The third kappa shape index (κ3) is 2.80. The Kier molecular flexibility index (Phi) is 4.23. The third-order valence-corrected chi connectivity index (χ3v) is 6.06. The number of hydrogen-bond acceptors (Lipinski definition) is 3. The third-order valence-electron chi connectivity index (χ3n) is 6.06. The van der Waals surface area contributed by atoms with Crippen molar-refractivity contribution in [3.8, 4) is 6.07 Å². The van der Waals surface area contributed by atoms with Crippen LogP contribution in [0.5, 0.6) is 0 Å². The van der Waals surface area contributed by atoms with Crippen molar-refractivity contribution in [1.29, 1.82) is 5.26 Å². The molecule has 0 saturated heterocycles. The topological polar surface area (TPSA) is 64.4 Å². The molecule has 2 aliphatic heterocycles. The summed E-state index contributed by atoms with van der Waals surface area (Å²) in [6.07, 6.45) is 0. The molecule has 0 atom stereocenters. The zero-order chi connectivity index (χ0) is 21.1. The van der Waals surface area contributed by atoms with Gasteiger partial charge < -0.3 is 9.80 Å². The Morgan fingerprint density at radius 1 is 1.07 bits per heavy atom. The van der Waals surface area contributed by atoms with Gasteiger partial charge in [-0.2, -0.15) is 5.26 Å². The molecule has 0 unspecified atom stereocenters. The van der Waals surface area contributed by atoms with Gasteiger partial charge in [0.2, 0.25) is 0 Å². The van der Waals surface area contributed by atoms with Gasteiger partial charge in [0, 0.05) is 35.8 Å². The Labute approximate surface area is 169 Å². The number of fused-ring (bicyclic) bond motifs is 2. The Hall–Kier alpha value is -3.20. The molecule has 2 aromatic rings. The van der Waals surface area contributed by atoms with Gasteiger partial charge in [-0.05, 0) is 69.2 Å². The molecule has 2 amide bonds. The van der Waals surface area contributed by atoms with Crippen molar-refractivity contribution in [3.63, 3.8) is 0 Å². The molecule has 0 fully saturated rings. The van der Waals surface area contributed by atoms with Crippen molar-refractivity contribution >= 4 is 11.8 Å². The Morgan fingerprint density at radius 3 is 2.45 bits per heavy atom. The second kappa shape index (κ2) is 6.41. The first-order chi connectivity index (χ1) is 13.6. The smallest absolute Gasteiger partial charge is 0.255 e. The fourth-order valence-corrected chi connectivity index (χ4v) is 4.15. The van der Waals surface area contributed by atoms with Crippen LogP contribution in [0.2, 0.25) is 0 Å². The van der Waals surface area contributed by atoms with E-state index in [0.717, 1.165) is 5.56 Å². The van der Waals surface area contributed by atoms with Crippen LogP contribution in [0.4, 0.5) is 4.39 Å². The summed E-state index contributed by atoms with van der Waals surface area (Å²) in [4.78, 5) is 29.1. The largest absolute Gasteiger partial charge is 0.332 e. The molecule has 6 heteroatoms. The van der Waals surface area contributed by atoms with Crippen LogP contribution in [-0.2, 0) is 18.6 Å². The number of benzene rings is 2. The summed E-state index contributed by atoms with van der Waals surface area (Å²) in [6, 6.07) is 10.2. The second-order valence-corrected chi connectivity index (χ2v) is 8.45. The van der Waals surface area contributed by atoms with Crippen LogP contribution in [0.1, 0.15) is 70.7 Å². The minimum absolute atomic E-state index is 0.0188. The van der Waals surface area contributed by atoms with Crippen LogP contribution in [0, 0.1) is 17.1 Å². The first-order valence-corrected chi connectivity index (χ1v) is 9.64. The first kappa shape index (κ1) is 19.1. The summed E-state index contributed by atoms with van der Waals surface area (Å²) < 4.78 is 14.9. The second-order valence-electron chi connectivity index (χ2n) is 8.45. The summed E-state index contributed by atoms with van der Waals surface area (Å²) in [5.41, 5.74) is 2.38. The van der Waals surface area contributed by atoms with Gasteiger partial charge in [0.15, 0.2) is 0 Å². The first-order valence-electron chi connectivity index (χ1n) is 9.64. The summed E-state index contributed by atoms with van der Waals surface area (Å²) in [7, 11) is 0. The van der Waals surface area contributed by atoms with Crippen molar-refractivity contribution in [3.05, 3.63) is 69.5 Å². The standard InChI is InChI=1S/C23H22FN3O2/c1-13(2)26-12-19-18(21(26)28)8-16(9-20(19)24)23(3,4)27-11-15-7-14(10-25)5-6-17(15)22(27)29/h5-9,13H,11-12H2,1-4H3. The van der Waals surface area contributed by atoms with Gasteiger partial charge in [-0.1, -0.05) is 0 Å². The lowest BCUT2D eigenvalue weighted by Gasteiger charge is -2.36. The minimum Gasteiger partial charge on any atom is -0.332 e. The van der Waals surface area contributed by atoms with Gasteiger partial charge in [0.25, 0.3) is 11.8 Å². The van der Waals surface area contributed by atoms with Crippen molar-refractivity contribution in [2.45, 2.75) is 52.4 Å². The normalized spacial score (nSPS) is 15.8. The van der Waals surface area contributed by atoms with E-state index in [2.05, 4.69) is 6.07 Å². The van der Waals surface area contributed by atoms with Gasteiger partial charge >= 0.3 is 0 Å². The maximum atomic E-state index is 14.9. The fourth-order valence-electron chi connectivity index (χ4n) is 4.15. The van der Waals surface area contributed by atoms with Crippen LogP contribution in [0.3, 0.4) is 0 Å². The molecule has 2 aromatic carbocycles. The monoisotopic (exact) mass is 391 g/mol. The van der Waals surface area contributed by atoms with Gasteiger partial charge in [-0.15, -0.1) is 0 Å². The number of hydrogen-bond donors (Lipinski definition) is 0. The highest BCUT2D eigenvalue weighted by molar-refractivity contribution is 6.00. The summed E-state index contributed by atoms with van der Waals surface area (Å²) in [5.74, 6) is -0.759. The molecule has 2 aliphatic rings. The predicted octanol–water partition coefficient (Wildman–Crippen LogP) is 3.95. The molecule has 0 bridgehead atoms. The zero-order valence-corrected chi connectivity index (χ0v) is 16.9. The molecule has 0 aliphatic carbocycles. The number of rotatable bonds is 3. The van der Waals surface area contributed by atoms with Crippen LogP contribution in [0.15, 0.2) is 30.3 Å². The highest BCUT2D eigenvalue weighted by Gasteiger charge is 2.41. The Morgan fingerprint density at radius 2 is 1.79 bits per heavy atom. The molecule has 4 rings (SSSR count). The average Bonchev–Trinajstić information content (AvgIpc) is 3.20. The fraction of sp³-hybridized carbons (Fsp3) is 0.348. The molecule has 2 heterocycles. The van der Waals surface area contributed by atoms with Crippen LogP contribution in [-0.4, -0.2) is 27.7 Å². The van der Waals surface area contributed by atoms with E-state index in [1.165, 1.54) is 6.07 Å². The van der Waals surface area contributed by atoms with E-state index in [1.54, 1.807) is 34.1 Å². The number of carbonyl (C=O) groups is 2. The van der Waals surface area contributed by atoms with E-state index in [9.17, 15) is 14.0 Å². The molecule has 148 valence electrons. The molecule has 0 aromatic heterocycles. The SMILES string of the molecule is CC(C)N1Cc2c(F)cc(C(C)(C)N3Cc4cc(C#N)ccc4C3=O)cc2C1=O. The maximum Gasteiger partial charge on any atom is 0.255 e. The summed E-state index contributed by atoms with van der Waals surface area (Å²) in [5, 5.41) is 9.12. The zero-order valence-electron chi connectivity index (χ0n) is 16.9. The van der Waals surface area contributed by atoms with Crippen molar-refractivity contribution < 1.29 is 14.0 Å². The molecule has 0 saturated carbocycles. The Balaban J connectivity index is 1.73. The van der Waals surface area contributed by atoms with E-state index < -0.39 is 11.4 Å². The van der Waals surface area contributed by atoms with E-state index >= 15 is 0 Å². The minimum atomic E-state index is -0.829. The van der Waals surface area contributed by atoms with Crippen molar-refractivity contribution in [1.82, 2.24) is 9.80 Å². The Bertz CT molecular complexity index is 1100. The van der Waals surface area contributed by atoms with Crippen molar-refractivity contribution in [2.75, 3.05) is 0 Å². The number of halogens is 1. The van der Waals surface area contributed by atoms with Gasteiger partial charge in [-0.25, -0.2) is 4.39 Å². The van der Waals surface area contributed by atoms with Crippen molar-refractivity contribution in [2.24, 2.45) is 0 Å². The van der Waals surface area contributed by atoms with E-state index in [0.29, 0.717) is 34.4 Å². The number of amides is 2. The highest BCUT2D eigenvalue weighted by atomic mass is 19.1. The van der Waals surface area contributed by atoms with Gasteiger partial charge in [0.1, 0.15) is 5.82 Å². The maximum absolute atomic E-state index is 14.9. The average molecular weight is 391 g/mol. The lowest BCUT2D eigenvalue weighted by atomic mass is 9.89. The number of carbonyl (C=O) groups excluding carboxylic acids is 2. The number of nitriles is 1. The lowest BCUT2D eigenvalue weighted by molar-refractivity contribution is 0.0567. The number of nitrogens with zero attached hydrogens (tertiary/aromatic N) is 3. The molecule has 29 heavy (non-hydrogen) atoms. The lowest BCUT2D eigenvalue weighted by Crippen LogP contribution is -2.41. The molecule has 0 N–H and O–H groups in total. The van der Waals surface area contributed by atoms with E-state index in [4.69, 9.17) is 5.26 Å². The molecule has 5 nitrogen and oxygen atoms in total. The molecule has 0 radical (unpaired) electrons. The molecular formula is C23H22FN3O2. The van der Waals surface area contributed by atoms with Gasteiger partial charge in [0.05, 0.1) is 17.2 Å². The summed E-state index contributed by atoms with van der Waals surface area (Å²) in [6.45, 7) is 8.11. The van der Waals surface area contributed by atoms with Crippen LogP contribution >= 0.6 is 0 Å².